The highest BCUT2D eigenvalue weighted by Crippen LogP contribution is 2.12. The first-order valence-corrected chi connectivity index (χ1v) is 5.43. The number of rotatable bonds is 4. The average Bonchev–Trinajstić information content (AvgIpc) is 2.79. The lowest BCUT2D eigenvalue weighted by molar-refractivity contribution is 0.1000. The van der Waals surface area contributed by atoms with Gasteiger partial charge in [0.25, 0.3) is 0 Å². The van der Waals surface area contributed by atoms with Gasteiger partial charge in [-0.05, 0) is 17.7 Å². The third-order valence-corrected chi connectivity index (χ3v) is 2.66. The number of hydrogen-bond acceptors (Lipinski definition) is 5. The molecule has 0 fully saturated rings. The van der Waals surface area contributed by atoms with Gasteiger partial charge in [-0.25, -0.2) is 0 Å². The molecule has 0 atom stereocenters. The topological polar surface area (TPSA) is 80.9 Å². The lowest BCUT2D eigenvalue weighted by atomic mass is 10.1. The van der Waals surface area contributed by atoms with Crippen molar-refractivity contribution in [3.05, 3.63) is 41.6 Å². The minimum atomic E-state index is -0.415. The summed E-state index contributed by atoms with van der Waals surface area (Å²) < 4.78 is 3.74. The Kier molecular flexibility index (Phi) is 3.11. The van der Waals surface area contributed by atoms with E-state index in [0.717, 1.165) is 10.6 Å². The summed E-state index contributed by atoms with van der Waals surface area (Å²) in [5.74, 6) is -0.415. The zero-order valence-corrected chi connectivity index (χ0v) is 9.20. The van der Waals surface area contributed by atoms with Crippen molar-refractivity contribution in [3.8, 4) is 0 Å². The largest absolute Gasteiger partial charge is 0.370 e. The van der Waals surface area contributed by atoms with Crippen molar-refractivity contribution in [2.24, 2.45) is 5.73 Å². The second-order valence-electron chi connectivity index (χ2n) is 3.20. The monoisotopic (exact) mass is 234 g/mol. The minimum absolute atomic E-state index is 0.415. The van der Waals surface area contributed by atoms with Crippen molar-refractivity contribution in [2.45, 2.75) is 6.54 Å². The number of carbonyl (C=O) groups excluding carboxylic acids is 1. The molecule has 0 spiro atoms. The molecule has 82 valence electrons. The summed E-state index contributed by atoms with van der Waals surface area (Å²) in [6.45, 7) is 0.616. The zero-order chi connectivity index (χ0) is 11.4. The van der Waals surface area contributed by atoms with Crippen LogP contribution in [0.3, 0.4) is 0 Å². The maximum atomic E-state index is 11.0. The smallest absolute Gasteiger partial charge is 0.248 e. The van der Waals surface area contributed by atoms with Gasteiger partial charge in [0.1, 0.15) is 5.00 Å². The van der Waals surface area contributed by atoms with Crippen molar-refractivity contribution < 1.29 is 4.79 Å². The number of benzene rings is 1. The Bertz CT molecular complexity index is 483. The average molecular weight is 234 g/mol. The highest BCUT2D eigenvalue weighted by atomic mass is 32.1. The number of carbonyl (C=O) groups is 1. The quantitative estimate of drug-likeness (QED) is 0.834. The Hall–Kier alpha value is -1.95. The van der Waals surface area contributed by atoms with Gasteiger partial charge in [0.15, 0.2) is 0 Å². The second-order valence-corrected chi connectivity index (χ2v) is 3.99. The van der Waals surface area contributed by atoms with Crippen LogP contribution < -0.4 is 11.1 Å². The van der Waals surface area contributed by atoms with Crippen LogP contribution in [-0.4, -0.2) is 15.5 Å². The Balaban J connectivity index is 2.04. The summed E-state index contributed by atoms with van der Waals surface area (Å²) in [5.41, 5.74) is 6.70. The second kappa shape index (κ2) is 4.71. The van der Waals surface area contributed by atoms with Gasteiger partial charge >= 0.3 is 0 Å². The molecule has 2 rings (SSSR count). The van der Waals surface area contributed by atoms with Crippen LogP contribution in [0.2, 0.25) is 0 Å². The zero-order valence-electron chi connectivity index (χ0n) is 8.38. The van der Waals surface area contributed by atoms with Crippen molar-refractivity contribution >= 4 is 22.4 Å². The molecule has 0 radical (unpaired) electrons. The maximum absolute atomic E-state index is 11.0. The fourth-order valence-corrected chi connectivity index (χ4v) is 1.68. The van der Waals surface area contributed by atoms with E-state index in [-0.39, 0.29) is 0 Å². The predicted molar refractivity (Wildman–Crippen MR) is 62.2 cm³/mol. The summed E-state index contributed by atoms with van der Waals surface area (Å²) in [6, 6.07) is 7.19. The van der Waals surface area contributed by atoms with Crippen molar-refractivity contribution in [1.82, 2.24) is 9.59 Å². The van der Waals surface area contributed by atoms with Crippen LogP contribution in [0.4, 0.5) is 5.00 Å². The highest BCUT2D eigenvalue weighted by molar-refractivity contribution is 7.09. The number of hydrogen-bond donors (Lipinski definition) is 2. The van der Waals surface area contributed by atoms with E-state index in [1.807, 2.05) is 12.1 Å². The first kappa shape index (κ1) is 10.6. The number of anilines is 1. The molecule has 0 unspecified atom stereocenters. The predicted octanol–water partition coefficient (Wildman–Crippen LogP) is 1.25. The van der Waals surface area contributed by atoms with Crippen LogP contribution in [0.1, 0.15) is 15.9 Å². The molecule has 16 heavy (non-hydrogen) atoms. The number of primary amides is 1. The molecule has 0 aliphatic rings. The van der Waals surface area contributed by atoms with E-state index in [1.165, 1.54) is 11.5 Å². The first-order valence-electron chi connectivity index (χ1n) is 4.65. The van der Waals surface area contributed by atoms with Crippen molar-refractivity contribution in [2.75, 3.05) is 5.32 Å². The van der Waals surface area contributed by atoms with Gasteiger partial charge < -0.3 is 11.1 Å². The van der Waals surface area contributed by atoms with Crippen LogP contribution in [0.5, 0.6) is 0 Å². The number of nitrogens with one attached hydrogen (secondary N) is 1. The third kappa shape index (κ3) is 2.54. The van der Waals surface area contributed by atoms with Crippen molar-refractivity contribution in [1.29, 1.82) is 0 Å². The molecule has 5 nitrogen and oxygen atoms in total. The Morgan fingerprint density at radius 2 is 2.38 bits per heavy atom. The number of nitrogens with zero attached hydrogens (tertiary/aromatic N) is 2. The summed E-state index contributed by atoms with van der Waals surface area (Å²) in [6.07, 6.45) is 1.66. The van der Waals surface area contributed by atoms with E-state index in [9.17, 15) is 4.79 Å². The van der Waals surface area contributed by atoms with Gasteiger partial charge in [-0.1, -0.05) is 16.6 Å². The standard InChI is InChI=1S/C10H10N4OS/c11-10(15)8-3-1-2-7(4-8)5-12-9-6-13-14-16-9/h1-4,6,12H,5H2,(H2,11,15). The lowest BCUT2D eigenvalue weighted by Crippen LogP contribution is -2.11. The highest BCUT2D eigenvalue weighted by Gasteiger charge is 2.01. The van der Waals surface area contributed by atoms with Crippen LogP contribution in [0.15, 0.2) is 30.5 Å². The number of nitrogens with two attached hydrogens (primary N) is 1. The molecule has 6 heteroatoms. The first-order chi connectivity index (χ1) is 7.75. The van der Waals surface area contributed by atoms with Crippen LogP contribution in [0, 0.1) is 0 Å². The molecular weight excluding hydrogens is 224 g/mol. The number of amides is 1. The SMILES string of the molecule is NC(=O)c1cccc(CNc2cnns2)c1. The normalized spacial score (nSPS) is 10.0. The summed E-state index contributed by atoms with van der Waals surface area (Å²) in [4.78, 5) is 11.0. The van der Waals surface area contributed by atoms with E-state index < -0.39 is 5.91 Å². The molecule has 1 aromatic heterocycles. The maximum Gasteiger partial charge on any atom is 0.248 e. The van der Waals surface area contributed by atoms with E-state index in [1.54, 1.807) is 18.3 Å². The van der Waals surface area contributed by atoms with Gasteiger partial charge in [-0.2, -0.15) is 0 Å². The molecule has 0 aliphatic carbocycles. The molecule has 1 heterocycles. The number of aromatic nitrogens is 2. The Morgan fingerprint density at radius 3 is 3.06 bits per heavy atom. The van der Waals surface area contributed by atoms with Gasteiger partial charge in [0.2, 0.25) is 5.91 Å². The van der Waals surface area contributed by atoms with Gasteiger partial charge in [0, 0.05) is 23.6 Å². The minimum Gasteiger partial charge on any atom is -0.370 e. The molecule has 0 aliphatic heterocycles. The summed E-state index contributed by atoms with van der Waals surface area (Å²) in [7, 11) is 0. The van der Waals surface area contributed by atoms with Gasteiger partial charge in [-0.3, -0.25) is 4.79 Å². The molecule has 1 amide bonds. The van der Waals surface area contributed by atoms with Crippen LogP contribution in [-0.2, 0) is 6.54 Å². The van der Waals surface area contributed by atoms with Crippen LogP contribution >= 0.6 is 11.5 Å². The lowest BCUT2D eigenvalue weighted by Gasteiger charge is -2.03. The molecule has 1 aromatic carbocycles. The Labute approximate surface area is 96.5 Å². The Morgan fingerprint density at radius 1 is 1.50 bits per heavy atom. The van der Waals surface area contributed by atoms with Crippen molar-refractivity contribution in [3.63, 3.8) is 0 Å². The third-order valence-electron chi connectivity index (χ3n) is 2.04. The molecule has 2 aromatic rings. The fraction of sp³-hybridized carbons (Fsp3) is 0.100. The van der Waals surface area contributed by atoms with Crippen LogP contribution in [0.25, 0.3) is 0 Å². The van der Waals surface area contributed by atoms with Gasteiger partial charge in [0.05, 0.1) is 6.20 Å². The summed E-state index contributed by atoms with van der Waals surface area (Å²) in [5, 5.41) is 7.75. The molecule has 3 N–H and O–H groups in total. The van der Waals surface area contributed by atoms with Gasteiger partial charge in [-0.15, -0.1) is 5.10 Å². The fourth-order valence-electron chi connectivity index (χ4n) is 1.27. The summed E-state index contributed by atoms with van der Waals surface area (Å²) >= 11 is 1.29. The van der Waals surface area contributed by atoms with E-state index in [4.69, 9.17) is 5.73 Å². The molecule has 0 saturated carbocycles. The van der Waals surface area contributed by atoms with E-state index in [2.05, 4.69) is 14.9 Å². The molecule has 0 saturated heterocycles. The molecular formula is C10H10N4OS. The molecule has 0 bridgehead atoms. The van der Waals surface area contributed by atoms with E-state index in [0.29, 0.717) is 12.1 Å². The van der Waals surface area contributed by atoms with E-state index >= 15 is 0 Å².